The fraction of sp³-hybridized carbons (Fsp3) is 0.250. The number of aryl methyl sites for hydroxylation is 1. The van der Waals surface area contributed by atoms with Crippen LogP contribution in [0.2, 0.25) is 0 Å². The van der Waals surface area contributed by atoms with Crippen LogP contribution in [0.5, 0.6) is 0 Å². The molecular weight excluding hydrogens is 360 g/mol. The molecule has 0 aliphatic carbocycles. The second kappa shape index (κ2) is 8.78. The maximum Gasteiger partial charge on any atom is 0.270 e. The highest BCUT2D eigenvalue weighted by Gasteiger charge is 2.18. The van der Waals surface area contributed by atoms with Gasteiger partial charge >= 0.3 is 0 Å². The number of para-hydroxylation sites is 1. The number of nitrogens with one attached hydrogen (secondary N) is 1. The molecule has 0 bridgehead atoms. The first-order valence-electron chi connectivity index (χ1n) is 10.0. The Hall–Kier alpha value is -3.34. The zero-order chi connectivity index (χ0) is 20.1. The Kier molecular flexibility index (Phi) is 5.75. The Morgan fingerprint density at radius 2 is 1.55 bits per heavy atom. The smallest absolute Gasteiger partial charge is 0.270 e. The highest BCUT2D eigenvalue weighted by atomic mass is 16.1. The molecule has 1 fully saturated rings. The third-order valence-electron chi connectivity index (χ3n) is 5.44. The summed E-state index contributed by atoms with van der Waals surface area (Å²) in [4.78, 5) is 21.6. The van der Waals surface area contributed by atoms with E-state index in [0.29, 0.717) is 12.2 Å². The van der Waals surface area contributed by atoms with E-state index in [1.165, 1.54) is 11.3 Å². The lowest BCUT2D eigenvalue weighted by Gasteiger charge is -2.37. The molecule has 0 unspecified atom stereocenters. The first-order valence-corrected chi connectivity index (χ1v) is 10.0. The molecule has 2 aromatic carbocycles. The molecule has 1 N–H and O–H groups in total. The Morgan fingerprint density at radius 3 is 2.28 bits per heavy atom. The van der Waals surface area contributed by atoms with Gasteiger partial charge in [0.2, 0.25) is 0 Å². The van der Waals surface area contributed by atoms with Crippen LogP contribution in [0.1, 0.15) is 21.6 Å². The number of rotatable bonds is 5. The highest BCUT2D eigenvalue weighted by Crippen LogP contribution is 2.20. The standard InChI is InChI=1S/C24H26N4O/c1-19-7-5-6-8-20(19)18-26-24(29)23-17-22(11-12-25-23)28-15-13-27(14-16-28)21-9-3-2-4-10-21/h2-12,17H,13-16,18H2,1H3,(H,26,29). The molecule has 5 nitrogen and oxygen atoms in total. The van der Waals surface area contributed by atoms with Crippen molar-refractivity contribution < 1.29 is 4.79 Å². The number of amides is 1. The molecular formula is C24H26N4O. The van der Waals surface area contributed by atoms with Gasteiger partial charge in [0.1, 0.15) is 5.69 Å². The summed E-state index contributed by atoms with van der Waals surface area (Å²) < 4.78 is 0. The molecule has 0 atom stereocenters. The summed E-state index contributed by atoms with van der Waals surface area (Å²) in [7, 11) is 0. The fourth-order valence-electron chi connectivity index (χ4n) is 3.68. The van der Waals surface area contributed by atoms with Crippen molar-refractivity contribution in [3.8, 4) is 0 Å². The van der Waals surface area contributed by atoms with Crippen molar-refractivity contribution in [2.75, 3.05) is 36.0 Å². The minimum atomic E-state index is -0.141. The SMILES string of the molecule is Cc1ccccc1CNC(=O)c1cc(N2CCN(c3ccccc3)CC2)ccn1. The van der Waals surface area contributed by atoms with Crippen molar-refractivity contribution in [2.24, 2.45) is 0 Å². The van der Waals surface area contributed by atoms with Gasteiger partial charge in [-0.3, -0.25) is 9.78 Å². The van der Waals surface area contributed by atoms with Crippen LogP contribution in [0.15, 0.2) is 72.9 Å². The number of piperazine rings is 1. The number of nitrogens with zero attached hydrogens (tertiary/aromatic N) is 3. The van der Waals surface area contributed by atoms with Crippen LogP contribution in [0.4, 0.5) is 11.4 Å². The molecule has 0 radical (unpaired) electrons. The van der Waals surface area contributed by atoms with Gasteiger partial charge in [0, 0.05) is 50.3 Å². The van der Waals surface area contributed by atoms with E-state index in [2.05, 4.69) is 57.4 Å². The number of aromatic nitrogens is 1. The van der Waals surface area contributed by atoms with E-state index in [0.717, 1.165) is 37.4 Å². The summed E-state index contributed by atoms with van der Waals surface area (Å²) in [6.45, 7) is 6.32. The molecule has 1 aliphatic heterocycles. The molecule has 0 spiro atoms. The molecule has 4 rings (SSSR count). The predicted molar refractivity (Wildman–Crippen MR) is 117 cm³/mol. The van der Waals surface area contributed by atoms with Gasteiger partial charge in [0.05, 0.1) is 0 Å². The lowest BCUT2D eigenvalue weighted by atomic mass is 10.1. The normalized spacial score (nSPS) is 14.0. The van der Waals surface area contributed by atoms with Crippen LogP contribution in [0.25, 0.3) is 0 Å². The fourth-order valence-corrected chi connectivity index (χ4v) is 3.68. The third kappa shape index (κ3) is 4.57. The lowest BCUT2D eigenvalue weighted by molar-refractivity contribution is 0.0946. The Morgan fingerprint density at radius 1 is 0.897 bits per heavy atom. The van der Waals surface area contributed by atoms with Crippen molar-refractivity contribution in [3.05, 3.63) is 89.7 Å². The topological polar surface area (TPSA) is 48.5 Å². The number of carbonyl (C=O) groups excluding carboxylic acids is 1. The van der Waals surface area contributed by atoms with Crippen LogP contribution in [0.3, 0.4) is 0 Å². The number of hydrogen-bond donors (Lipinski definition) is 1. The van der Waals surface area contributed by atoms with Crippen LogP contribution >= 0.6 is 0 Å². The van der Waals surface area contributed by atoms with E-state index in [9.17, 15) is 4.79 Å². The first kappa shape index (κ1) is 19.0. The quantitative estimate of drug-likeness (QED) is 0.727. The van der Waals surface area contributed by atoms with Crippen LogP contribution in [-0.2, 0) is 6.54 Å². The van der Waals surface area contributed by atoms with Gasteiger partial charge in [-0.2, -0.15) is 0 Å². The molecule has 29 heavy (non-hydrogen) atoms. The molecule has 0 saturated carbocycles. The van der Waals surface area contributed by atoms with Crippen molar-refractivity contribution in [3.63, 3.8) is 0 Å². The Balaban J connectivity index is 1.37. The molecule has 148 valence electrons. The number of carbonyl (C=O) groups is 1. The maximum absolute atomic E-state index is 12.6. The summed E-state index contributed by atoms with van der Waals surface area (Å²) in [5.41, 5.74) is 5.06. The monoisotopic (exact) mass is 386 g/mol. The highest BCUT2D eigenvalue weighted by molar-refractivity contribution is 5.93. The summed E-state index contributed by atoms with van der Waals surface area (Å²) in [5.74, 6) is -0.141. The molecule has 1 aliphatic rings. The van der Waals surface area contributed by atoms with E-state index in [4.69, 9.17) is 0 Å². The Bertz CT molecular complexity index is 965. The van der Waals surface area contributed by atoms with Gasteiger partial charge in [-0.05, 0) is 42.3 Å². The minimum absolute atomic E-state index is 0.141. The van der Waals surface area contributed by atoms with Gasteiger partial charge < -0.3 is 15.1 Å². The van der Waals surface area contributed by atoms with Gasteiger partial charge in [-0.25, -0.2) is 0 Å². The van der Waals surface area contributed by atoms with Crippen molar-refractivity contribution in [1.82, 2.24) is 10.3 Å². The second-order valence-electron chi connectivity index (χ2n) is 7.32. The molecule has 1 amide bonds. The van der Waals surface area contributed by atoms with Crippen molar-refractivity contribution >= 4 is 17.3 Å². The largest absolute Gasteiger partial charge is 0.368 e. The van der Waals surface area contributed by atoms with Crippen LogP contribution in [-0.4, -0.2) is 37.1 Å². The summed E-state index contributed by atoms with van der Waals surface area (Å²) >= 11 is 0. The molecule has 3 aromatic rings. The van der Waals surface area contributed by atoms with Gasteiger partial charge in [-0.1, -0.05) is 42.5 Å². The molecule has 2 heterocycles. The van der Waals surface area contributed by atoms with Gasteiger partial charge in [-0.15, -0.1) is 0 Å². The average Bonchev–Trinajstić information content (AvgIpc) is 2.79. The minimum Gasteiger partial charge on any atom is -0.368 e. The van der Waals surface area contributed by atoms with Gasteiger partial charge in [0.25, 0.3) is 5.91 Å². The zero-order valence-electron chi connectivity index (χ0n) is 16.7. The van der Waals surface area contributed by atoms with Crippen molar-refractivity contribution in [1.29, 1.82) is 0 Å². The lowest BCUT2D eigenvalue weighted by Crippen LogP contribution is -2.46. The maximum atomic E-state index is 12.6. The van der Waals surface area contributed by atoms with Gasteiger partial charge in [0.15, 0.2) is 0 Å². The second-order valence-corrected chi connectivity index (χ2v) is 7.32. The molecule has 1 aromatic heterocycles. The van der Waals surface area contributed by atoms with Crippen molar-refractivity contribution in [2.45, 2.75) is 13.5 Å². The van der Waals surface area contributed by atoms with E-state index in [-0.39, 0.29) is 5.91 Å². The van der Waals surface area contributed by atoms with E-state index in [1.54, 1.807) is 6.20 Å². The number of anilines is 2. The number of benzene rings is 2. The Labute approximate surface area is 172 Å². The summed E-state index contributed by atoms with van der Waals surface area (Å²) in [5, 5.41) is 2.99. The van der Waals surface area contributed by atoms with E-state index >= 15 is 0 Å². The van der Waals surface area contributed by atoms with E-state index < -0.39 is 0 Å². The average molecular weight is 386 g/mol. The summed E-state index contributed by atoms with van der Waals surface area (Å²) in [6, 6.07) is 22.5. The number of hydrogen-bond acceptors (Lipinski definition) is 4. The third-order valence-corrected chi connectivity index (χ3v) is 5.44. The molecule has 5 heteroatoms. The predicted octanol–water partition coefficient (Wildman–Crippen LogP) is 3.65. The summed E-state index contributed by atoms with van der Waals surface area (Å²) in [6.07, 6.45) is 1.72. The first-order chi connectivity index (χ1) is 14.2. The molecule has 1 saturated heterocycles. The van der Waals surface area contributed by atoms with Crippen LogP contribution in [0, 0.1) is 6.92 Å². The zero-order valence-corrected chi connectivity index (χ0v) is 16.7. The van der Waals surface area contributed by atoms with Crippen LogP contribution < -0.4 is 15.1 Å². The number of pyridine rings is 1. The van der Waals surface area contributed by atoms with E-state index in [1.807, 2.05) is 36.4 Å².